The average molecular weight is 305 g/mol. The van der Waals surface area contributed by atoms with Crippen molar-refractivity contribution < 1.29 is 27.4 Å². The lowest BCUT2D eigenvalue weighted by Gasteiger charge is -2.31. The molecule has 7 heteroatoms. The van der Waals surface area contributed by atoms with Crippen LogP contribution in [0.25, 0.3) is 0 Å². The molecular formula is C14H18F3NO3. The third-order valence-electron chi connectivity index (χ3n) is 3.09. The zero-order chi connectivity index (χ0) is 15.3. The van der Waals surface area contributed by atoms with E-state index in [4.69, 9.17) is 9.47 Å². The van der Waals surface area contributed by atoms with Gasteiger partial charge >= 0.3 is 6.36 Å². The number of nitrogens with one attached hydrogen (secondary N) is 1. The Bertz CT molecular complexity index is 447. The third-order valence-corrected chi connectivity index (χ3v) is 3.09. The summed E-state index contributed by atoms with van der Waals surface area (Å²) in [5, 5.41) is 3.22. The normalized spacial score (nSPS) is 21.0. The quantitative estimate of drug-likeness (QED) is 0.908. The zero-order valence-electron chi connectivity index (χ0n) is 11.7. The highest BCUT2D eigenvalue weighted by atomic mass is 19.4. The molecule has 0 saturated carbocycles. The minimum absolute atomic E-state index is 0.236. The van der Waals surface area contributed by atoms with Gasteiger partial charge in [-0.05, 0) is 24.2 Å². The van der Waals surface area contributed by atoms with Gasteiger partial charge in [-0.3, -0.25) is 0 Å². The van der Waals surface area contributed by atoms with Gasteiger partial charge in [-0.1, -0.05) is 19.1 Å². The summed E-state index contributed by atoms with van der Waals surface area (Å²) in [4.78, 5) is 0. The molecule has 118 valence electrons. The Morgan fingerprint density at radius 3 is 2.81 bits per heavy atom. The molecule has 1 heterocycles. The first-order chi connectivity index (χ1) is 9.99. The summed E-state index contributed by atoms with van der Waals surface area (Å²) in [6.45, 7) is 4.00. The molecule has 1 aromatic carbocycles. The van der Waals surface area contributed by atoms with Crippen molar-refractivity contribution in [3.63, 3.8) is 0 Å². The Morgan fingerprint density at radius 2 is 2.19 bits per heavy atom. The summed E-state index contributed by atoms with van der Waals surface area (Å²) < 4.78 is 51.8. The van der Waals surface area contributed by atoms with Crippen LogP contribution < -0.4 is 10.1 Å². The van der Waals surface area contributed by atoms with E-state index in [-0.39, 0.29) is 17.9 Å². The number of alkyl halides is 3. The maximum Gasteiger partial charge on any atom is 0.573 e. The van der Waals surface area contributed by atoms with Crippen LogP contribution in [0.2, 0.25) is 0 Å². The number of halogens is 3. The van der Waals surface area contributed by atoms with Crippen LogP contribution in [0.4, 0.5) is 13.2 Å². The van der Waals surface area contributed by atoms with Gasteiger partial charge in [0, 0.05) is 0 Å². The fourth-order valence-electron chi connectivity index (χ4n) is 2.29. The summed E-state index contributed by atoms with van der Waals surface area (Å²) in [6.07, 6.45) is -4.93. The van der Waals surface area contributed by atoms with Crippen LogP contribution in [0.5, 0.6) is 5.75 Å². The number of likely N-dealkylation sites (N-methyl/N-ethyl adjacent to an activating group) is 1. The molecule has 2 unspecified atom stereocenters. The van der Waals surface area contributed by atoms with Crippen LogP contribution in [-0.2, 0) is 9.47 Å². The predicted octanol–water partition coefficient (Wildman–Crippen LogP) is 2.65. The first-order valence-corrected chi connectivity index (χ1v) is 6.78. The van der Waals surface area contributed by atoms with E-state index in [1.165, 1.54) is 18.2 Å². The molecule has 1 aliphatic rings. The minimum Gasteiger partial charge on any atom is -0.406 e. The SMILES string of the molecule is CCNC(c1cccc(OC(F)(F)F)c1)C1COCCO1. The van der Waals surface area contributed by atoms with Crippen LogP contribution in [0, 0.1) is 0 Å². The van der Waals surface area contributed by atoms with Crippen LogP contribution in [0.1, 0.15) is 18.5 Å². The van der Waals surface area contributed by atoms with Gasteiger partial charge in [-0.25, -0.2) is 0 Å². The third kappa shape index (κ3) is 4.87. The van der Waals surface area contributed by atoms with E-state index >= 15 is 0 Å². The van der Waals surface area contributed by atoms with Crippen LogP contribution in [0.3, 0.4) is 0 Å². The van der Waals surface area contributed by atoms with E-state index in [1.807, 2.05) is 6.92 Å². The van der Waals surface area contributed by atoms with Gasteiger partial charge in [-0.2, -0.15) is 0 Å². The molecule has 0 amide bonds. The molecule has 1 aliphatic heterocycles. The molecule has 21 heavy (non-hydrogen) atoms. The Balaban J connectivity index is 2.17. The van der Waals surface area contributed by atoms with Crippen molar-refractivity contribution in [2.45, 2.75) is 25.4 Å². The second-order valence-electron chi connectivity index (χ2n) is 4.64. The van der Waals surface area contributed by atoms with Gasteiger partial charge < -0.3 is 19.5 Å². The highest BCUT2D eigenvalue weighted by molar-refractivity contribution is 5.31. The fraction of sp³-hybridized carbons (Fsp3) is 0.571. The van der Waals surface area contributed by atoms with Gasteiger partial charge in [0.2, 0.25) is 0 Å². The Labute approximate surface area is 121 Å². The topological polar surface area (TPSA) is 39.7 Å². The van der Waals surface area contributed by atoms with E-state index in [1.54, 1.807) is 6.07 Å². The molecule has 0 spiro atoms. The Kier molecular flexibility index (Phi) is 5.44. The maximum absolute atomic E-state index is 12.3. The molecule has 2 rings (SSSR count). The second-order valence-corrected chi connectivity index (χ2v) is 4.64. The molecule has 4 nitrogen and oxygen atoms in total. The van der Waals surface area contributed by atoms with Crippen molar-refractivity contribution in [1.29, 1.82) is 0 Å². The Morgan fingerprint density at radius 1 is 1.38 bits per heavy atom. The van der Waals surface area contributed by atoms with Crippen molar-refractivity contribution in [1.82, 2.24) is 5.32 Å². The van der Waals surface area contributed by atoms with Gasteiger partial charge in [-0.15, -0.1) is 13.2 Å². The summed E-state index contributed by atoms with van der Waals surface area (Å²) in [6, 6.07) is 5.68. The molecule has 0 bridgehead atoms. The molecule has 1 fully saturated rings. The van der Waals surface area contributed by atoms with E-state index in [0.717, 1.165) is 0 Å². The maximum atomic E-state index is 12.3. The number of hydrogen-bond donors (Lipinski definition) is 1. The molecular weight excluding hydrogens is 287 g/mol. The van der Waals surface area contributed by atoms with Crippen molar-refractivity contribution in [3.8, 4) is 5.75 Å². The lowest BCUT2D eigenvalue weighted by atomic mass is 10.0. The molecule has 1 N–H and O–H groups in total. The smallest absolute Gasteiger partial charge is 0.406 e. The largest absolute Gasteiger partial charge is 0.573 e. The first-order valence-electron chi connectivity index (χ1n) is 6.78. The van der Waals surface area contributed by atoms with E-state index < -0.39 is 6.36 Å². The monoisotopic (exact) mass is 305 g/mol. The lowest BCUT2D eigenvalue weighted by Crippen LogP contribution is -2.40. The fourth-order valence-corrected chi connectivity index (χ4v) is 2.29. The summed E-state index contributed by atoms with van der Waals surface area (Å²) in [7, 11) is 0. The van der Waals surface area contributed by atoms with Crippen LogP contribution >= 0.6 is 0 Å². The molecule has 0 aliphatic carbocycles. The summed E-state index contributed by atoms with van der Waals surface area (Å²) in [5.41, 5.74) is 0.675. The van der Waals surface area contributed by atoms with Crippen molar-refractivity contribution >= 4 is 0 Å². The lowest BCUT2D eigenvalue weighted by molar-refractivity contribution is -0.274. The van der Waals surface area contributed by atoms with E-state index in [0.29, 0.717) is 31.9 Å². The molecule has 2 atom stereocenters. The highest BCUT2D eigenvalue weighted by Gasteiger charge is 2.32. The number of benzene rings is 1. The van der Waals surface area contributed by atoms with Crippen LogP contribution in [0.15, 0.2) is 24.3 Å². The minimum atomic E-state index is -4.70. The standard InChI is InChI=1S/C14H18F3NO3/c1-2-18-13(12-9-19-6-7-20-12)10-4-3-5-11(8-10)21-14(15,16)17/h3-5,8,12-13,18H,2,6-7,9H2,1H3. The summed E-state index contributed by atoms with van der Waals surface area (Å²) in [5.74, 6) is -0.236. The van der Waals surface area contributed by atoms with Gasteiger partial charge in [0.1, 0.15) is 11.9 Å². The molecule has 1 aromatic rings. The van der Waals surface area contributed by atoms with Crippen molar-refractivity contribution in [2.75, 3.05) is 26.4 Å². The number of ether oxygens (including phenoxy) is 3. The van der Waals surface area contributed by atoms with Gasteiger partial charge in [0.25, 0.3) is 0 Å². The zero-order valence-corrected chi connectivity index (χ0v) is 11.7. The average Bonchev–Trinajstić information content (AvgIpc) is 2.44. The first kappa shape index (κ1) is 16.1. The van der Waals surface area contributed by atoms with E-state index in [2.05, 4.69) is 10.1 Å². The molecule has 0 radical (unpaired) electrons. The Hall–Kier alpha value is -1.31. The predicted molar refractivity (Wildman–Crippen MR) is 70.1 cm³/mol. The molecule has 0 aromatic heterocycles. The number of rotatable bonds is 5. The second kappa shape index (κ2) is 7.11. The van der Waals surface area contributed by atoms with Crippen molar-refractivity contribution in [2.24, 2.45) is 0 Å². The van der Waals surface area contributed by atoms with Gasteiger partial charge in [0.15, 0.2) is 0 Å². The van der Waals surface area contributed by atoms with Crippen LogP contribution in [-0.4, -0.2) is 38.8 Å². The summed E-state index contributed by atoms with van der Waals surface area (Å²) >= 11 is 0. The number of hydrogen-bond acceptors (Lipinski definition) is 4. The van der Waals surface area contributed by atoms with E-state index in [9.17, 15) is 13.2 Å². The van der Waals surface area contributed by atoms with Crippen molar-refractivity contribution in [3.05, 3.63) is 29.8 Å². The van der Waals surface area contributed by atoms with Gasteiger partial charge in [0.05, 0.1) is 25.9 Å². The molecule has 1 saturated heterocycles. The highest BCUT2D eigenvalue weighted by Crippen LogP contribution is 2.28.